The third-order valence-electron chi connectivity index (χ3n) is 11.4. The highest BCUT2D eigenvalue weighted by Crippen LogP contribution is 2.53. The van der Waals surface area contributed by atoms with Crippen LogP contribution in [0.3, 0.4) is 0 Å². The Morgan fingerprint density at radius 1 is 0.309 bits per heavy atom. The van der Waals surface area contributed by atoms with Gasteiger partial charge in [-0.25, -0.2) is 15.0 Å². The van der Waals surface area contributed by atoms with E-state index in [1.165, 1.54) is 76.4 Å². The molecule has 0 spiro atoms. The Bertz CT molecular complexity index is 3290. The van der Waals surface area contributed by atoms with Gasteiger partial charge in [0.1, 0.15) is 0 Å². The molecule has 1 aliphatic rings. The molecule has 4 nitrogen and oxygen atoms in total. The van der Waals surface area contributed by atoms with Gasteiger partial charge in [-0.3, -0.25) is 0 Å². The molecule has 0 amide bonds. The van der Waals surface area contributed by atoms with Crippen LogP contribution in [0.15, 0.2) is 182 Å². The van der Waals surface area contributed by atoms with E-state index in [0.717, 1.165) is 22.4 Å². The van der Waals surface area contributed by atoms with Gasteiger partial charge in [0, 0.05) is 33.2 Å². The van der Waals surface area contributed by atoms with E-state index in [-0.39, 0.29) is 0 Å². The molecule has 0 radical (unpaired) electrons. The lowest BCUT2D eigenvalue weighted by Crippen LogP contribution is -2.00. The monoisotopic (exact) mass is 698 g/mol. The molecule has 0 bridgehead atoms. The molecule has 0 N–H and O–H groups in total. The molecule has 0 atom stereocenters. The van der Waals surface area contributed by atoms with Crippen molar-refractivity contribution in [2.24, 2.45) is 0 Å². The molecule has 1 aliphatic carbocycles. The first-order chi connectivity index (χ1) is 27.3. The Balaban J connectivity index is 1.11. The first-order valence-corrected chi connectivity index (χ1v) is 18.7. The first-order valence-electron chi connectivity index (χ1n) is 18.7. The van der Waals surface area contributed by atoms with Crippen molar-refractivity contribution in [3.05, 3.63) is 182 Å². The van der Waals surface area contributed by atoms with Gasteiger partial charge < -0.3 is 4.57 Å². The molecule has 254 valence electrons. The van der Waals surface area contributed by atoms with Gasteiger partial charge in [-0.1, -0.05) is 146 Å². The maximum absolute atomic E-state index is 4.99. The van der Waals surface area contributed by atoms with Gasteiger partial charge in [0.2, 0.25) is 0 Å². The largest absolute Gasteiger partial charge is 0.309 e. The minimum atomic E-state index is 0.643. The molecule has 12 rings (SSSR count). The molecule has 0 aliphatic heterocycles. The minimum absolute atomic E-state index is 0.643. The quantitative estimate of drug-likeness (QED) is 0.172. The summed E-state index contributed by atoms with van der Waals surface area (Å²) in [6.45, 7) is 0. The van der Waals surface area contributed by atoms with Gasteiger partial charge >= 0.3 is 0 Å². The Labute approximate surface area is 316 Å². The minimum Gasteiger partial charge on any atom is -0.309 e. The van der Waals surface area contributed by atoms with Crippen molar-refractivity contribution in [2.45, 2.75) is 0 Å². The van der Waals surface area contributed by atoms with Crippen LogP contribution in [0, 0.1) is 0 Å². The number of benzene rings is 9. The van der Waals surface area contributed by atoms with Gasteiger partial charge in [-0.15, -0.1) is 0 Å². The second kappa shape index (κ2) is 11.5. The number of fused-ring (bicyclic) bond motifs is 8. The molecular formula is C51H30N4. The number of rotatable bonds is 4. The maximum Gasteiger partial charge on any atom is 0.164 e. The van der Waals surface area contributed by atoms with Crippen LogP contribution in [0.25, 0.3) is 116 Å². The normalized spacial score (nSPS) is 12.0. The van der Waals surface area contributed by atoms with E-state index in [0.29, 0.717) is 17.5 Å². The van der Waals surface area contributed by atoms with E-state index in [2.05, 4.69) is 126 Å². The first kappa shape index (κ1) is 30.1. The van der Waals surface area contributed by atoms with Crippen molar-refractivity contribution < 1.29 is 0 Å². The van der Waals surface area contributed by atoms with Crippen LogP contribution in [-0.2, 0) is 0 Å². The summed E-state index contributed by atoms with van der Waals surface area (Å²) >= 11 is 0. The van der Waals surface area contributed by atoms with Crippen molar-refractivity contribution in [3.63, 3.8) is 0 Å². The van der Waals surface area contributed by atoms with Crippen LogP contribution in [0.5, 0.6) is 0 Å². The van der Waals surface area contributed by atoms with Gasteiger partial charge in [-0.05, 0) is 91.0 Å². The lowest BCUT2D eigenvalue weighted by molar-refractivity contribution is 1.07. The van der Waals surface area contributed by atoms with Crippen LogP contribution < -0.4 is 0 Å². The van der Waals surface area contributed by atoms with Gasteiger partial charge in [0.05, 0.1) is 11.0 Å². The lowest BCUT2D eigenvalue weighted by atomic mass is 9.84. The Kier molecular flexibility index (Phi) is 6.31. The van der Waals surface area contributed by atoms with Crippen molar-refractivity contribution >= 4 is 54.1 Å². The summed E-state index contributed by atoms with van der Waals surface area (Å²) < 4.78 is 2.43. The van der Waals surface area contributed by atoms with Crippen LogP contribution >= 0.6 is 0 Å². The fourth-order valence-corrected chi connectivity index (χ4v) is 9.02. The lowest BCUT2D eigenvalue weighted by Gasteiger charge is -2.19. The van der Waals surface area contributed by atoms with Gasteiger partial charge in [0.15, 0.2) is 17.5 Å². The van der Waals surface area contributed by atoms with E-state index >= 15 is 0 Å². The zero-order valence-electron chi connectivity index (χ0n) is 29.6. The highest BCUT2D eigenvalue weighted by molar-refractivity contribution is 6.35. The third kappa shape index (κ3) is 4.37. The molecule has 4 heteroatoms. The molecule has 0 unspecified atom stereocenters. The smallest absolute Gasteiger partial charge is 0.164 e. The van der Waals surface area contributed by atoms with Crippen molar-refractivity contribution in [1.82, 2.24) is 19.5 Å². The van der Waals surface area contributed by atoms with Crippen LogP contribution in [0.4, 0.5) is 0 Å². The zero-order valence-corrected chi connectivity index (χ0v) is 29.6. The summed E-state index contributed by atoms with van der Waals surface area (Å²) in [5.41, 5.74) is 11.5. The zero-order chi connectivity index (χ0) is 36.0. The van der Waals surface area contributed by atoms with Crippen LogP contribution in [0.1, 0.15) is 0 Å². The Hall–Kier alpha value is -7.43. The average Bonchev–Trinajstić information content (AvgIpc) is 3.54. The Morgan fingerprint density at radius 3 is 1.36 bits per heavy atom. The second-order valence-corrected chi connectivity index (χ2v) is 14.3. The summed E-state index contributed by atoms with van der Waals surface area (Å²) in [5.74, 6) is 1.95. The van der Waals surface area contributed by atoms with E-state index in [9.17, 15) is 0 Å². The number of hydrogen-bond donors (Lipinski definition) is 0. The number of hydrogen-bond acceptors (Lipinski definition) is 3. The van der Waals surface area contributed by atoms with Crippen LogP contribution in [0.2, 0.25) is 0 Å². The maximum atomic E-state index is 4.99. The summed E-state index contributed by atoms with van der Waals surface area (Å²) in [7, 11) is 0. The number of nitrogens with zero attached hydrogens (tertiary/aromatic N) is 4. The topological polar surface area (TPSA) is 43.6 Å². The molecule has 2 heterocycles. The van der Waals surface area contributed by atoms with E-state index in [4.69, 9.17) is 15.0 Å². The van der Waals surface area contributed by atoms with Gasteiger partial charge in [0.25, 0.3) is 0 Å². The van der Waals surface area contributed by atoms with Crippen LogP contribution in [-0.4, -0.2) is 19.5 Å². The average molecular weight is 699 g/mol. The number of aromatic nitrogens is 4. The standard InChI is InChI=1S/C51H30N4/c1-3-13-32(14-4-1)49-52-50(33-15-5-2-6-16-33)54-51(53-49)34-25-28-35(29-26-34)55-42-24-12-23-41-46-39-21-10-8-19-37(39)36-18-7-9-20-38(36)45(46)40-22-11-17-31-27-30-43(55)48(44(31)40)47(41)42/h1-30H. The highest BCUT2D eigenvalue weighted by atomic mass is 15.0. The van der Waals surface area contributed by atoms with E-state index < -0.39 is 0 Å². The van der Waals surface area contributed by atoms with Crippen molar-refractivity contribution in [1.29, 1.82) is 0 Å². The van der Waals surface area contributed by atoms with Crippen molar-refractivity contribution in [3.8, 4) is 62.1 Å². The summed E-state index contributed by atoms with van der Waals surface area (Å²) in [5, 5.41) is 10.3. The van der Waals surface area contributed by atoms with E-state index in [1.807, 2.05) is 60.7 Å². The predicted molar refractivity (Wildman–Crippen MR) is 227 cm³/mol. The summed E-state index contributed by atoms with van der Waals surface area (Å²) in [4.78, 5) is 14.9. The van der Waals surface area contributed by atoms with Crippen molar-refractivity contribution in [2.75, 3.05) is 0 Å². The highest BCUT2D eigenvalue weighted by Gasteiger charge is 2.27. The van der Waals surface area contributed by atoms with E-state index in [1.54, 1.807) is 0 Å². The molecule has 55 heavy (non-hydrogen) atoms. The molecule has 11 aromatic rings. The third-order valence-corrected chi connectivity index (χ3v) is 11.4. The molecule has 0 fully saturated rings. The van der Waals surface area contributed by atoms with Gasteiger partial charge in [-0.2, -0.15) is 0 Å². The Morgan fingerprint density at radius 2 is 0.782 bits per heavy atom. The fourth-order valence-electron chi connectivity index (χ4n) is 9.02. The molecule has 0 saturated carbocycles. The SMILES string of the molecule is c1ccc(-c2nc(-c3ccccc3)nc(-c3ccc(-n4c5cccc6c5c5c7c(cccc7ccc54)-c4c-6c5ccccc5c5ccccc45)cc3)n2)cc1. The molecule has 9 aromatic carbocycles. The molecular weight excluding hydrogens is 669 g/mol. The molecule has 2 aromatic heterocycles. The summed E-state index contributed by atoms with van der Waals surface area (Å²) in [6.07, 6.45) is 0. The second-order valence-electron chi connectivity index (χ2n) is 14.3. The summed E-state index contributed by atoms with van der Waals surface area (Å²) in [6, 6.07) is 65.0. The fraction of sp³-hybridized carbons (Fsp3) is 0. The molecule has 0 saturated heterocycles. The predicted octanol–water partition coefficient (Wildman–Crippen LogP) is 13.1.